The lowest BCUT2D eigenvalue weighted by Gasteiger charge is -2.14. The van der Waals surface area contributed by atoms with E-state index in [0.29, 0.717) is 17.4 Å². The molecular formula is C19H19NO2. The summed E-state index contributed by atoms with van der Waals surface area (Å²) >= 11 is 0. The predicted molar refractivity (Wildman–Crippen MR) is 86.0 cm³/mol. The summed E-state index contributed by atoms with van der Waals surface area (Å²) in [6.45, 7) is 0. The van der Waals surface area contributed by atoms with Gasteiger partial charge in [-0.1, -0.05) is 18.2 Å². The van der Waals surface area contributed by atoms with Crippen molar-refractivity contribution in [3.8, 4) is 28.7 Å². The van der Waals surface area contributed by atoms with Crippen molar-refractivity contribution in [1.82, 2.24) is 0 Å². The van der Waals surface area contributed by atoms with E-state index >= 15 is 0 Å². The van der Waals surface area contributed by atoms with Gasteiger partial charge in [0, 0.05) is 0 Å². The molecule has 1 saturated carbocycles. The SMILES string of the molecule is COc1ccc(-c2cccc(OC3CCCC3)c2)cc1C#N. The van der Waals surface area contributed by atoms with Crippen LogP contribution in [0.15, 0.2) is 42.5 Å². The Labute approximate surface area is 131 Å². The number of nitrogens with zero attached hydrogens (tertiary/aromatic N) is 1. The summed E-state index contributed by atoms with van der Waals surface area (Å²) in [5.41, 5.74) is 2.59. The molecule has 0 N–H and O–H groups in total. The number of nitriles is 1. The fourth-order valence-electron chi connectivity index (χ4n) is 2.92. The van der Waals surface area contributed by atoms with Crippen LogP contribution in [0.5, 0.6) is 11.5 Å². The van der Waals surface area contributed by atoms with Gasteiger partial charge in [-0.25, -0.2) is 0 Å². The molecule has 0 heterocycles. The standard InChI is InChI=1S/C19H19NO2/c1-21-19-10-9-15(11-16(19)13-20)14-5-4-8-18(12-14)22-17-6-2-3-7-17/h4-5,8-12,17H,2-3,6-7H2,1H3. The molecule has 22 heavy (non-hydrogen) atoms. The molecule has 1 aliphatic rings. The molecule has 2 aromatic carbocycles. The third-order valence-corrected chi connectivity index (χ3v) is 4.09. The van der Waals surface area contributed by atoms with Crippen LogP contribution in [0, 0.1) is 11.3 Å². The second-order valence-corrected chi connectivity index (χ2v) is 5.58. The minimum absolute atomic E-state index is 0.348. The Morgan fingerprint density at radius 3 is 2.55 bits per heavy atom. The minimum atomic E-state index is 0.348. The molecule has 0 amide bonds. The second kappa shape index (κ2) is 6.53. The molecule has 3 heteroatoms. The van der Waals surface area contributed by atoms with Crippen LogP contribution in [-0.2, 0) is 0 Å². The van der Waals surface area contributed by atoms with Crippen LogP contribution in [-0.4, -0.2) is 13.2 Å². The zero-order chi connectivity index (χ0) is 15.4. The topological polar surface area (TPSA) is 42.2 Å². The Balaban J connectivity index is 1.87. The van der Waals surface area contributed by atoms with Crippen LogP contribution in [0.4, 0.5) is 0 Å². The lowest BCUT2D eigenvalue weighted by molar-refractivity contribution is 0.210. The zero-order valence-corrected chi connectivity index (χ0v) is 12.7. The summed E-state index contributed by atoms with van der Waals surface area (Å²) in [6, 6.07) is 15.9. The van der Waals surface area contributed by atoms with E-state index in [1.54, 1.807) is 7.11 Å². The van der Waals surface area contributed by atoms with Crippen molar-refractivity contribution in [1.29, 1.82) is 5.26 Å². The second-order valence-electron chi connectivity index (χ2n) is 5.58. The van der Waals surface area contributed by atoms with Crippen molar-refractivity contribution in [2.24, 2.45) is 0 Å². The molecule has 0 aromatic heterocycles. The molecule has 1 fully saturated rings. The van der Waals surface area contributed by atoms with Crippen LogP contribution >= 0.6 is 0 Å². The molecule has 2 aromatic rings. The fourth-order valence-corrected chi connectivity index (χ4v) is 2.92. The van der Waals surface area contributed by atoms with Gasteiger partial charge in [0.05, 0.1) is 18.8 Å². The number of methoxy groups -OCH3 is 1. The Hall–Kier alpha value is -2.47. The first kappa shape index (κ1) is 14.5. The third kappa shape index (κ3) is 3.07. The summed E-state index contributed by atoms with van der Waals surface area (Å²) in [5, 5.41) is 9.21. The number of hydrogen-bond acceptors (Lipinski definition) is 3. The predicted octanol–water partition coefficient (Wildman–Crippen LogP) is 4.56. The smallest absolute Gasteiger partial charge is 0.136 e. The molecular weight excluding hydrogens is 274 g/mol. The highest BCUT2D eigenvalue weighted by Crippen LogP contribution is 2.30. The molecule has 3 nitrogen and oxygen atoms in total. The highest BCUT2D eigenvalue weighted by molar-refractivity contribution is 5.68. The molecule has 3 rings (SSSR count). The number of rotatable bonds is 4. The monoisotopic (exact) mass is 293 g/mol. The summed E-state index contributed by atoms with van der Waals surface area (Å²) in [7, 11) is 1.58. The average Bonchev–Trinajstić information content (AvgIpc) is 3.07. The van der Waals surface area contributed by atoms with E-state index in [2.05, 4.69) is 6.07 Å². The summed E-state index contributed by atoms with van der Waals surface area (Å²) < 4.78 is 11.2. The maximum absolute atomic E-state index is 9.21. The number of benzene rings is 2. The zero-order valence-electron chi connectivity index (χ0n) is 12.7. The maximum Gasteiger partial charge on any atom is 0.136 e. The van der Waals surface area contributed by atoms with Crippen LogP contribution in [0.2, 0.25) is 0 Å². The van der Waals surface area contributed by atoms with Gasteiger partial charge >= 0.3 is 0 Å². The maximum atomic E-state index is 9.21. The molecule has 0 radical (unpaired) electrons. The molecule has 0 atom stereocenters. The van der Waals surface area contributed by atoms with E-state index in [1.165, 1.54) is 12.8 Å². The Morgan fingerprint density at radius 1 is 1.05 bits per heavy atom. The van der Waals surface area contributed by atoms with Crippen LogP contribution < -0.4 is 9.47 Å². The van der Waals surface area contributed by atoms with Gasteiger partial charge in [0.2, 0.25) is 0 Å². The first-order valence-corrected chi connectivity index (χ1v) is 7.65. The van der Waals surface area contributed by atoms with E-state index < -0.39 is 0 Å². The van der Waals surface area contributed by atoms with Crippen molar-refractivity contribution >= 4 is 0 Å². The van der Waals surface area contributed by atoms with Gasteiger partial charge in [-0.15, -0.1) is 0 Å². The average molecular weight is 293 g/mol. The van der Waals surface area contributed by atoms with Gasteiger partial charge in [0.1, 0.15) is 17.6 Å². The number of ether oxygens (including phenoxy) is 2. The van der Waals surface area contributed by atoms with Gasteiger partial charge < -0.3 is 9.47 Å². The summed E-state index contributed by atoms with van der Waals surface area (Å²) in [6.07, 6.45) is 5.15. The molecule has 112 valence electrons. The molecule has 0 aliphatic heterocycles. The highest BCUT2D eigenvalue weighted by Gasteiger charge is 2.16. The van der Waals surface area contributed by atoms with Crippen molar-refractivity contribution in [2.75, 3.05) is 7.11 Å². The molecule has 0 unspecified atom stereocenters. The van der Waals surface area contributed by atoms with Crippen molar-refractivity contribution in [2.45, 2.75) is 31.8 Å². The van der Waals surface area contributed by atoms with Crippen LogP contribution in [0.3, 0.4) is 0 Å². The number of hydrogen-bond donors (Lipinski definition) is 0. The van der Waals surface area contributed by atoms with Crippen molar-refractivity contribution < 1.29 is 9.47 Å². The van der Waals surface area contributed by atoms with Crippen LogP contribution in [0.1, 0.15) is 31.2 Å². The van der Waals surface area contributed by atoms with Gasteiger partial charge in [0.25, 0.3) is 0 Å². The van der Waals surface area contributed by atoms with Gasteiger partial charge in [-0.2, -0.15) is 5.26 Å². The van der Waals surface area contributed by atoms with E-state index in [9.17, 15) is 5.26 Å². The van der Waals surface area contributed by atoms with Gasteiger partial charge in [0.15, 0.2) is 0 Å². The summed E-state index contributed by atoms with van der Waals surface area (Å²) in [5.74, 6) is 1.50. The highest BCUT2D eigenvalue weighted by atomic mass is 16.5. The largest absolute Gasteiger partial charge is 0.495 e. The van der Waals surface area contributed by atoms with E-state index in [-0.39, 0.29) is 0 Å². The molecule has 1 aliphatic carbocycles. The summed E-state index contributed by atoms with van der Waals surface area (Å²) in [4.78, 5) is 0. The Morgan fingerprint density at radius 2 is 1.82 bits per heavy atom. The lowest BCUT2D eigenvalue weighted by Crippen LogP contribution is -2.10. The van der Waals surface area contributed by atoms with Gasteiger partial charge in [-0.05, 0) is 61.1 Å². The fraction of sp³-hybridized carbons (Fsp3) is 0.316. The molecule has 0 saturated heterocycles. The first-order valence-electron chi connectivity index (χ1n) is 7.65. The van der Waals surface area contributed by atoms with E-state index in [1.807, 2.05) is 42.5 Å². The van der Waals surface area contributed by atoms with E-state index in [0.717, 1.165) is 29.7 Å². The first-order chi connectivity index (χ1) is 10.8. The quantitative estimate of drug-likeness (QED) is 0.830. The normalized spacial score (nSPS) is 14.5. The molecule has 0 bridgehead atoms. The van der Waals surface area contributed by atoms with Gasteiger partial charge in [-0.3, -0.25) is 0 Å². The minimum Gasteiger partial charge on any atom is -0.495 e. The van der Waals surface area contributed by atoms with E-state index in [4.69, 9.17) is 9.47 Å². The van der Waals surface area contributed by atoms with Crippen LogP contribution in [0.25, 0.3) is 11.1 Å². The third-order valence-electron chi connectivity index (χ3n) is 4.09. The van der Waals surface area contributed by atoms with Crippen molar-refractivity contribution in [3.05, 3.63) is 48.0 Å². The van der Waals surface area contributed by atoms with Crippen molar-refractivity contribution in [3.63, 3.8) is 0 Å². The molecule has 0 spiro atoms. The lowest BCUT2D eigenvalue weighted by atomic mass is 10.0. The Bertz CT molecular complexity index is 697. The Kier molecular flexibility index (Phi) is 4.29.